The zero-order valence-electron chi connectivity index (χ0n) is 16.1. The molecule has 0 N–H and O–H groups in total. The van der Waals surface area contributed by atoms with Crippen LogP contribution in [0.15, 0.2) is 52.5 Å². The largest absolute Gasteiger partial charge is 0.315 e. The molecule has 0 fully saturated rings. The fourth-order valence-corrected chi connectivity index (χ4v) is 4.60. The summed E-state index contributed by atoms with van der Waals surface area (Å²) in [6, 6.07) is 8.10. The first kappa shape index (κ1) is 18.6. The van der Waals surface area contributed by atoms with Crippen LogP contribution < -0.4 is 5.56 Å². The lowest BCUT2D eigenvalue weighted by molar-refractivity contribution is -0.129. The van der Waals surface area contributed by atoms with Crippen molar-refractivity contribution in [1.29, 1.82) is 0 Å². The third kappa shape index (κ3) is 3.40. The van der Waals surface area contributed by atoms with Crippen LogP contribution in [0.2, 0.25) is 0 Å². The second kappa shape index (κ2) is 7.72. The number of aryl methyl sites for hydroxylation is 1. The summed E-state index contributed by atoms with van der Waals surface area (Å²) in [4.78, 5) is 32.9. The van der Waals surface area contributed by atoms with E-state index in [4.69, 9.17) is 0 Å². The third-order valence-electron chi connectivity index (χ3n) is 5.21. The normalized spacial score (nSPS) is 13.7. The van der Waals surface area contributed by atoms with Crippen molar-refractivity contribution in [3.8, 4) is 11.1 Å². The van der Waals surface area contributed by atoms with Crippen molar-refractivity contribution in [2.45, 2.75) is 39.7 Å². The molecule has 3 aromatic rings. The van der Waals surface area contributed by atoms with Crippen LogP contribution in [0.4, 0.5) is 0 Å². The van der Waals surface area contributed by atoms with Gasteiger partial charge < -0.3 is 4.90 Å². The smallest absolute Gasteiger partial charge is 0.263 e. The predicted octanol–water partition coefficient (Wildman–Crippen LogP) is 4.35. The summed E-state index contributed by atoms with van der Waals surface area (Å²) in [6.07, 6.45) is 6.64. The highest BCUT2D eigenvalue weighted by atomic mass is 32.1. The topological polar surface area (TPSA) is 55.2 Å². The molecule has 0 aliphatic heterocycles. The molecule has 5 nitrogen and oxygen atoms in total. The molecule has 0 saturated heterocycles. The lowest BCUT2D eigenvalue weighted by Gasteiger charge is -2.22. The van der Waals surface area contributed by atoms with E-state index >= 15 is 0 Å². The molecule has 0 radical (unpaired) electrons. The second-order valence-electron chi connectivity index (χ2n) is 7.10. The van der Waals surface area contributed by atoms with Crippen molar-refractivity contribution < 1.29 is 4.79 Å². The molecule has 0 unspecified atom stereocenters. The molecule has 1 aromatic carbocycles. The van der Waals surface area contributed by atoms with E-state index < -0.39 is 0 Å². The Hall–Kier alpha value is -2.73. The van der Waals surface area contributed by atoms with Gasteiger partial charge in [-0.1, -0.05) is 35.9 Å². The van der Waals surface area contributed by atoms with Gasteiger partial charge in [-0.25, -0.2) is 4.98 Å². The van der Waals surface area contributed by atoms with Gasteiger partial charge in [0.1, 0.15) is 11.4 Å². The number of hydrogen-bond donors (Lipinski definition) is 0. The Balaban J connectivity index is 1.69. The Morgan fingerprint density at radius 3 is 2.75 bits per heavy atom. The average Bonchev–Trinajstić information content (AvgIpc) is 3.36. The molecule has 6 heteroatoms. The van der Waals surface area contributed by atoms with Crippen LogP contribution in [-0.2, 0) is 11.3 Å². The van der Waals surface area contributed by atoms with Crippen LogP contribution in [-0.4, -0.2) is 26.9 Å². The summed E-state index contributed by atoms with van der Waals surface area (Å²) in [7, 11) is 0. The maximum atomic E-state index is 13.2. The highest BCUT2D eigenvalue weighted by Gasteiger charge is 2.20. The molecule has 2 aromatic heterocycles. The summed E-state index contributed by atoms with van der Waals surface area (Å²) in [5, 5.41) is 2.56. The van der Waals surface area contributed by atoms with Gasteiger partial charge in [0, 0.05) is 23.2 Å². The lowest BCUT2D eigenvalue weighted by Crippen LogP contribution is -2.35. The Labute approximate surface area is 167 Å². The first-order chi connectivity index (χ1) is 13.6. The predicted molar refractivity (Wildman–Crippen MR) is 113 cm³/mol. The molecule has 1 amide bonds. The van der Waals surface area contributed by atoms with Gasteiger partial charge >= 0.3 is 0 Å². The van der Waals surface area contributed by atoms with Gasteiger partial charge in [-0.15, -0.1) is 11.3 Å². The summed E-state index contributed by atoms with van der Waals surface area (Å²) in [5.74, 6) is -0.0639. The quantitative estimate of drug-likeness (QED) is 0.648. The number of rotatable bonds is 5. The monoisotopic (exact) mass is 393 g/mol. The lowest BCUT2D eigenvalue weighted by atomic mass is 10.1. The van der Waals surface area contributed by atoms with Gasteiger partial charge in [-0.3, -0.25) is 14.2 Å². The minimum atomic E-state index is -0.161. The summed E-state index contributed by atoms with van der Waals surface area (Å²) in [5.41, 5.74) is 3.96. The maximum absolute atomic E-state index is 13.2. The second-order valence-corrected chi connectivity index (χ2v) is 7.96. The van der Waals surface area contributed by atoms with E-state index in [0.717, 1.165) is 36.1 Å². The zero-order chi connectivity index (χ0) is 19.7. The highest BCUT2D eigenvalue weighted by molar-refractivity contribution is 7.17. The van der Waals surface area contributed by atoms with Crippen molar-refractivity contribution in [3.63, 3.8) is 0 Å². The van der Waals surface area contributed by atoms with Crippen molar-refractivity contribution in [3.05, 3.63) is 63.7 Å². The number of hydrogen-bond acceptors (Lipinski definition) is 4. The van der Waals surface area contributed by atoms with Crippen molar-refractivity contribution in [1.82, 2.24) is 14.5 Å². The van der Waals surface area contributed by atoms with Crippen molar-refractivity contribution >= 4 is 27.5 Å². The molecule has 0 saturated carbocycles. The molecule has 4 rings (SSSR count). The van der Waals surface area contributed by atoms with Gasteiger partial charge in [-0.2, -0.15) is 0 Å². The molecular formula is C22H23N3O2S. The summed E-state index contributed by atoms with van der Waals surface area (Å²) >= 11 is 1.46. The highest BCUT2D eigenvalue weighted by Crippen LogP contribution is 2.30. The number of aromatic nitrogens is 2. The number of likely N-dealkylation sites (N-methyl/N-ethyl adjacent to an activating group) is 1. The number of fused-ring (bicyclic) bond motifs is 1. The zero-order valence-corrected chi connectivity index (χ0v) is 17.0. The van der Waals surface area contributed by atoms with Crippen molar-refractivity contribution in [2.75, 3.05) is 6.54 Å². The SMILES string of the molecule is CCN(C(=O)Cn1cnc2scc(-c3ccc(C)cc3)c2c1=O)C1=CCCC1. The molecule has 0 bridgehead atoms. The molecule has 2 heterocycles. The molecular weight excluding hydrogens is 370 g/mol. The van der Waals surface area contributed by atoms with E-state index in [-0.39, 0.29) is 18.0 Å². The molecule has 28 heavy (non-hydrogen) atoms. The Morgan fingerprint density at radius 2 is 2.07 bits per heavy atom. The number of amides is 1. The fourth-order valence-electron chi connectivity index (χ4n) is 3.70. The van der Waals surface area contributed by atoms with Gasteiger partial charge in [0.15, 0.2) is 0 Å². The first-order valence-corrected chi connectivity index (χ1v) is 10.5. The van der Waals surface area contributed by atoms with E-state index in [1.807, 2.05) is 43.5 Å². The van der Waals surface area contributed by atoms with Crippen LogP contribution in [0.5, 0.6) is 0 Å². The number of benzene rings is 1. The molecule has 1 aliphatic carbocycles. The molecule has 1 aliphatic rings. The number of carbonyl (C=O) groups is 1. The van der Waals surface area contributed by atoms with Gasteiger partial charge in [0.2, 0.25) is 5.91 Å². The summed E-state index contributed by atoms with van der Waals surface area (Å²) in [6.45, 7) is 4.63. The number of allylic oxidation sites excluding steroid dienone is 2. The molecule has 0 spiro atoms. The van der Waals surface area contributed by atoms with E-state index in [1.165, 1.54) is 27.8 Å². The number of thiophene rings is 1. The number of carbonyl (C=O) groups excluding carboxylic acids is 1. The Morgan fingerprint density at radius 1 is 1.29 bits per heavy atom. The van der Waals surface area contributed by atoms with Crippen LogP contribution in [0.3, 0.4) is 0 Å². The van der Waals surface area contributed by atoms with E-state index in [0.29, 0.717) is 16.8 Å². The third-order valence-corrected chi connectivity index (χ3v) is 6.10. The van der Waals surface area contributed by atoms with Crippen LogP contribution >= 0.6 is 11.3 Å². The van der Waals surface area contributed by atoms with Crippen molar-refractivity contribution in [2.24, 2.45) is 0 Å². The van der Waals surface area contributed by atoms with Gasteiger partial charge in [-0.05, 0) is 38.7 Å². The Kier molecular flexibility index (Phi) is 5.13. The Bertz CT molecular complexity index is 1110. The van der Waals surface area contributed by atoms with Crippen LogP contribution in [0.1, 0.15) is 31.7 Å². The van der Waals surface area contributed by atoms with Crippen LogP contribution in [0.25, 0.3) is 21.3 Å². The standard InChI is InChI=1S/C22H23N3O2S/c1-3-25(17-6-4-5-7-17)19(26)12-24-14-23-21-20(22(24)27)18(13-28-21)16-10-8-15(2)9-11-16/h6,8-11,13-14H,3-5,7,12H2,1-2H3. The maximum Gasteiger partial charge on any atom is 0.263 e. The minimum absolute atomic E-state index is 0.0101. The molecule has 0 atom stereocenters. The average molecular weight is 394 g/mol. The first-order valence-electron chi connectivity index (χ1n) is 9.61. The van der Waals surface area contributed by atoms with E-state index in [9.17, 15) is 9.59 Å². The number of nitrogens with zero attached hydrogens (tertiary/aromatic N) is 3. The fraction of sp³-hybridized carbons (Fsp3) is 0.318. The van der Waals surface area contributed by atoms with E-state index in [1.54, 1.807) is 4.90 Å². The molecule has 144 valence electrons. The van der Waals surface area contributed by atoms with Gasteiger partial charge in [0.05, 0.1) is 11.7 Å². The summed E-state index contributed by atoms with van der Waals surface area (Å²) < 4.78 is 1.44. The van der Waals surface area contributed by atoms with Crippen LogP contribution in [0, 0.1) is 6.92 Å². The van der Waals surface area contributed by atoms with E-state index in [2.05, 4.69) is 11.1 Å². The van der Waals surface area contributed by atoms with Gasteiger partial charge in [0.25, 0.3) is 5.56 Å². The minimum Gasteiger partial charge on any atom is -0.315 e.